The van der Waals surface area contributed by atoms with Crippen molar-refractivity contribution < 1.29 is 14.7 Å². The molecular formula is C13H25N3O3. The van der Waals surface area contributed by atoms with E-state index >= 15 is 0 Å². The molecule has 0 atom stereocenters. The first-order valence-electron chi connectivity index (χ1n) is 6.75. The van der Waals surface area contributed by atoms with E-state index in [1.165, 1.54) is 0 Å². The molecule has 1 aliphatic heterocycles. The third kappa shape index (κ3) is 6.42. The van der Waals surface area contributed by atoms with Crippen molar-refractivity contribution in [2.24, 2.45) is 5.41 Å². The molecular weight excluding hydrogens is 246 g/mol. The maximum atomic E-state index is 12.0. The Balaban J connectivity index is 2.39. The van der Waals surface area contributed by atoms with Crippen LogP contribution in [0.4, 0.5) is 4.79 Å². The molecule has 1 aliphatic rings. The number of hydrogen-bond acceptors (Lipinski definition) is 3. The van der Waals surface area contributed by atoms with E-state index in [9.17, 15) is 9.59 Å². The van der Waals surface area contributed by atoms with E-state index in [1.807, 2.05) is 4.90 Å². The second-order valence-corrected chi connectivity index (χ2v) is 6.23. The van der Waals surface area contributed by atoms with Gasteiger partial charge in [-0.2, -0.15) is 0 Å². The summed E-state index contributed by atoms with van der Waals surface area (Å²) in [5, 5.41) is 11.7. The Bertz CT molecular complexity index is 326. The van der Waals surface area contributed by atoms with Gasteiger partial charge in [0.15, 0.2) is 0 Å². The third-order valence-electron chi connectivity index (χ3n) is 3.00. The van der Waals surface area contributed by atoms with Gasteiger partial charge < -0.3 is 15.3 Å². The molecule has 0 unspecified atom stereocenters. The van der Waals surface area contributed by atoms with Gasteiger partial charge in [-0.3, -0.25) is 9.69 Å². The second kappa shape index (κ2) is 6.75. The highest BCUT2D eigenvalue weighted by Crippen LogP contribution is 2.11. The minimum atomic E-state index is -0.814. The topological polar surface area (TPSA) is 72.9 Å². The maximum Gasteiger partial charge on any atom is 0.317 e. The van der Waals surface area contributed by atoms with E-state index in [4.69, 9.17) is 5.11 Å². The summed E-state index contributed by atoms with van der Waals surface area (Å²) >= 11 is 0. The normalized spacial score (nSPS) is 17.9. The van der Waals surface area contributed by atoms with Gasteiger partial charge in [0.05, 0.1) is 6.54 Å². The first-order chi connectivity index (χ1) is 8.78. The van der Waals surface area contributed by atoms with Crippen LogP contribution in [0.15, 0.2) is 0 Å². The number of carboxylic acid groups (broad SMARTS) is 1. The maximum absolute atomic E-state index is 12.0. The molecule has 0 aromatic rings. The van der Waals surface area contributed by atoms with Crippen LogP contribution >= 0.6 is 0 Å². The zero-order chi connectivity index (χ0) is 14.5. The standard InChI is InChI=1S/C13H25N3O3/c1-13(2,3)10-14-12(19)16-6-4-5-15(7-8-16)9-11(17)18/h4-10H2,1-3H3,(H,14,19)(H,17,18). The summed E-state index contributed by atoms with van der Waals surface area (Å²) in [5.41, 5.74) is 0.0663. The molecule has 0 radical (unpaired) electrons. The third-order valence-corrected chi connectivity index (χ3v) is 3.00. The molecule has 19 heavy (non-hydrogen) atoms. The predicted molar refractivity (Wildman–Crippen MR) is 73.1 cm³/mol. The minimum Gasteiger partial charge on any atom is -0.480 e. The van der Waals surface area contributed by atoms with Gasteiger partial charge >= 0.3 is 12.0 Å². The Hall–Kier alpha value is -1.30. The van der Waals surface area contributed by atoms with Crippen LogP contribution in [0, 0.1) is 5.41 Å². The molecule has 0 saturated carbocycles. The number of amides is 2. The summed E-state index contributed by atoms with van der Waals surface area (Å²) in [7, 11) is 0. The highest BCUT2D eigenvalue weighted by Gasteiger charge is 2.21. The van der Waals surface area contributed by atoms with Gasteiger partial charge in [0.25, 0.3) is 0 Å². The molecule has 6 nitrogen and oxygen atoms in total. The summed E-state index contributed by atoms with van der Waals surface area (Å²) in [5.74, 6) is -0.814. The molecule has 2 amide bonds. The number of hydrogen-bond donors (Lipinski definition) is 2. The Morgan fingerprint density at radius 2 is 1.84 bits per heavy atom. The molecule has 1 heterocycles. The number of nitrogens with zero attached hydrogens (tertiary/aromatic N) is 2. The molecule has 0 aliphatic carbocycles. The first kappa shape index (κ1) is 15.8. The number of carbonyl (C=O) groups excluding carboxylic acids is 1. The summed E-state index contributed by atoms with van der Waals surface area (Å²) < 4.78 is 0. The zero-order valence-electron chi connectivity index (χ0n) is 12.1. The lowest BCUT2D eigenvalue weighted by atomic mass is 9.97. The van der Waals surface area contributed by atoms with Crippen molar-refractivity contribution in [1.82, 2.24) is 15.1 Å². The van der Waals surface area contributed by atoms with E-state index in [-0.39, 0.29) is 18.0 Å². The van der Waals surface area contributed by atoms with Crippen LogP contribution in [-0.2, 0) is 4.79 Å². The van der Waals surface area contributed by atoms with Crippen molar-refractivity contribution >= 4 is 12.0 Å². The monoisotopic (exact) mass is 271 g/mol. The van der Waals surface area contributed by atoms with Crippen LogP contribution in [-0.4, -0.2) is 66.2 Å². The van der Waals surface area contributed by atoms with Crippen LogP contribution in [0.3, 0.4) is 0 Å². The lowest BCUT2D eigenvalue weighted by Gasteiger charge is -2.25. The Morgan fingerprint density at radius 1 is 1.16 bits per heavy atom. The van der Waals surface area contributed by atoms with Gasteiger partial charge in [0, 0.05) is 32.7 Å². The molecule has 2 N–H and O–H groups in total. The van der Waals surface area contributed by atoms with Crippen LogP contribution in [0.5, 0.6) is 0 Å². The molecule has 0 spiro atoms. The van der Waals surface area contributed by atoms with Crippen molar-refractivity contribution in [1.29, 1.82) is 0 Å². The van der Waals surface area contributed by atoms with Gasteiger partial charge in [-0.15, -0.1) is 0 Å². The van der Waals surface area contributed by atoms with Gasteiger partial charge in [0.1, 0.15) is 0 Å². The minimum absolute atomic E-state index is 0.0490. The van der Waals surface area contributed by atoms with Gasteiger partial charge in [-0.25, -0.2) is 4.79 Å². The van der Waals surface area contributed by atoms with Gasteiger partial charge in [-0.05, 0) is 11.8 Å². The fourth-order valence-corrected chi connectivity index (χ4v) is 1.98. The predicted octanol–water partition coefficient (Wildman–Crippen LogP) is 0.834. The summed E-state index contributed by atoms with van der Waals surface area (Å²) in [6, 6.07) is -0.0490. The van der Waals surface area contributed by atoms with Gasteiger partial charge in [0.2, 0.25) is 0 Å². The van der Waals surface area contributed by atoms with Crippen LogP contribution in [0.25, 0.3) is 0 Å². The van der Waals surface area contributed by atoms with Crippen molar-refractivity contribution in [3.63, 3.8) is 0 Å². The summed E-state index contributed by atoms with van der Waals surface area (Å²) in [6.45, 7) is 9.54. The molecule has 6 heteroatoms. The number of rotatable bonds is 3. The second-order valence-electron chi connectivity index (χ2n) is 6.23. The van der Waals surface area contributed by atoms with E-state index in [0.29, 0.717) is 26.2 Å². The first-order valence-corrected chi connectivity index (χ1v) is 6.75. The Kier molecular flexibility index (Phi) is 5.60. The van der Waals surface area contributed by atoms with E-state index in [0.717, 1.165) is 13.0 Å². The van der Waals surface area contributed by atoms with E-state index in [2.05, 4.69) is 26.1 Å². The van der Waals surface area contributed by atoms with Crippen molar-refractivity contribution in [3.8, 4) is 0 Å². The number of carbonyl (C=O) groups is 2. The summed E-state index contributed by atoms with van der Waals surface area (Å²) in [4.78, 5) is 26.3. The van der Waals surface area contributed by atoms with Crippen LogP contribution in [0.2, 0.25) is 0 Å². The fraction of sp³-hybridized carbons (Fsp3) is 0.846. The Labute approximate surface area is 114 Å². The molecule has 1 fully saturated rings. The summed E-state index contributed by atoms with van der Waals surface area (Å²) in [6.07, 6.45) is 0.816. The number of carboxylic acids is 1. The van der Waals surface area contributed by atoms with Crippen LogP contribution < -0.4 is 5.32 Å². The van der Waals surface area contributed by atoms with E-state index in [1.54, 1.807) is 4.90 Å². The largest absolute Gasteiger partial charge is 0.480 e. The zero-order valence-corrected chi connectivity index (χ0v) is 12.1. The van der Waals surface area contributed by atoms with Gasteiger partial charge in [-0.1, -0.05) is 20.8 Å². The Morgan fingerprint density at radius 3 is 2.42 bits per heavy atom. The van der Waals surface area contributed by atoms with Crippen molar-refractivity contribution in [2.75, 3.05) is 39.3 Å². The van der Waals surface area contributed by atoms with Crippen LogP contribution in [0.1, 0.15) is 27.2 Å². The van der Waals surface area contributed by atoms with Crippen molar-refractivity contribution in [2.45, 2.75) is 27.2 Å². The lowest BCUT2D eigenvalue weighted by molar-refractivity contribution is -0.138. The molecule has 1 saturated heterocycles. The molecule has 1 rings (SSSR count). The molecule has 0 bridgehead atoms. The smallest absolute Gasteiger partial charge is 0.317 e. The highest BCUT2D eigenvalue weighted by atomic mass is 16.4. The molecule has 0 aromatic heterocycles. The SMILES string of the molecule is CC(C)(C)CNC(=O)N1CCCN(CC(=O)O)CC1. The lowest BCUT2D eigenvalue weighted by Crippen LogP contribution is -2.44. The number of aliphatic carboxylic acids is 1. The average molecular weight is 271 g/mol. The average Bonchev–Trinajstić information content (AvgIpc) is 2.50. The molecule has 110 valence electrons. The molecule has 0 aromatic carbocycles. The number of urea groups is 1. The fourth-order valence-electron chi connectivity index (χ4n) is 1.98. The van der Waals surface area contributed by atoms with E-state index < -0.39 is 5.97 Å². The van der Waals surface area contributed by atoms with Crippen molar-refractivity contribution in [3.05, 3.63) is 0 Å². The quantitative estimate of drug-likeness (QED) is 0.797. The highest BCUT2D eigenvalue weighted by molar-refractivity contribution is 5.74. The number of nitrogens with one attached hydrogen (secondary N) is 1.